The quantitative estimate of drug-likeness (QED) is 0.551. The molecule has 0 bridgehead atoms. The number of amides is 2. The second kappa shape index (κ2) is 7.83. The number of ether oxygens (including phenoxy) is 1. The number of methoxy groups -OCH3 is 1. The van der Waals surface area contributed by atoms with Gasteiger partial charge in [0.15, 0.2) is 0 Å². The first-order valence-corrected chi connectivity index (χ1v) is 6.15. The Labute approximate surface area is 117 Å². The third-order valence-electron chi connectivity index (χ3n) is 2.52. The Morgan fingerprint density at radius 3 is 2.75 bits per heavy atom. The summed E-state index contributed by atoms with van der Waals surface area (Å²) in [5, 5.41) is 14.2. The van der Waals surface area contributed by atoms with Gasteiger partial charge < -0.3 is 20.5 Å². The fourth-order valence-corrected chi connectivity index (χ4v) is 1.56. The summed E-state index contributed by atoms with van der Waals surface area (Å²) in [5.41, 5.74) is 0.516. The van der Waals surface area contributed by atoms with Gasteiger partial charge in [-0.1, -0.05) is 12.2 Å². The van der Waals surface area contributed by atoms with E-state index in [1.165, 1.54) is 25.3 Å². The number of hydrogen-bond donors (Lipinski definition) is 3. The average molecular weight is 278 g/mol. The van der Waals surface area contributed by atoms with Crippen LogP contribution in [0.5, 0.6) is 5.75 Å². The third-order valence-corrected chi connectivity index (χ3v) is 2.52. The van der Waals surface area contributed by atoms with Crippen molar-refractivity contribution in [2.24, 2.45) is 0 Å². The number of allylic oxidation sites excluding steroid dienone is 1. The molecule has 0 fully saturated rings. The van der Waals surface area contributed by atoms with E-state index >= 15 is 0 Å². The molecule has 6 heteroatoms. The average Bonchev–Trinajstić information content (AvgIpc) is 2.43. The molecule has 3 N–H and O–H groups in total. The van der Waals surface area contributed by atoms with Crippen LogP contribution in [0.1, 0.15) is 23.7 Å². The van der Waals surface area contributed by atoms with Crippen molar-refractivity contribution < 1.29 is 19.4 Å². The summed E-state index contributed by atoms with van der Waals surface area (Å²) in [6.07, 6.45) is 4.62. The Hall–Kier alpha value is -2.50. The van der Waals surface area contributed by atoms with Crippen LogP contribution in [-0.2, 0) is 0 Å². The Kier molecular flexibility index (Phi) is 6.09. The standard InChI is InChI=1S/C14H18N2O4/c1-3-4-5-8-15-14(19)16-10-6-7-11(13(17)18)12(9-10)20-2/h3-4,6-7,9H,5,8H2,1-2H3,(H,17,18)(H2,15,16,19)/b4-3+. The van der Waals surface area contributed by atoms with Crippen LogP contribution in [0.3, 0.4) is 0 Å². The van der Waals surface area contributed by atoms with Gasteiger partial charge in [0.05, 0.1) is 7.11 Å². The predicted molar refractivity (Wildman–Crippen MR) is 76.4 cm³/mol. The molecule has 1 rings (SSSR count). The van der Waals surface area contributed by atoms with Crippen molar-refractivity contribution in [3.05, 3.63) is 35.9 Å². The second-order valence-corrected chi connectivity index (χ2v) is 3.96. The van der Waals surface area contributed by atoms with Gasteiger partial charge in [0.2, 0.25) is 0 Å². The molecule has 108 valence electrons. The number of anilines is 1. The van der Waals surface area contributed by atoms with Gasteiger partial charge in [-0.15, -0.1) is 0 Å². The summed E-state index contributed by atoms with van der Waals surface area (Å²) in [4.78, 5) is 22.5. The summed E-state index contributed by atoms with van der Waals surface area (Å²) in [7, 11) is 1.38. The minimum atomic E-state index is -1.08. The van der Waals surface area contributed by atoms with Crippen molar-refractivity contribution >= 4 is 17.7 Å². The number of carboxylic acid groups (broad SMARTS) is 1. The predicted octanol–water partition coefficient (Wildman–Crippen LogP) is 2.48. The number of benzene rings is 1. The van der Waals surface area contributed by atoms with Gasteiger partial charge in [-0.05, 0) is 25.5 Å². The molecule has 0 saturated heterocycles. The topological polar surface area (TPSA) is 87.7 Å². The van der Waals surface area contributed by atoms with Gasteiger partial charge in [-0.3, -0.25) is 0 Å². The summed E-state index contributed by atoms with van der Waals surface area (Å²) in [6, 6.07) is 4.02. The summed E-state index contributed by atoms with van der Waals surface area (Å²) < 4.78 is 4.98. The monoisotopic (exact) mass is 278 g/mol. The number of carbonyl (C=O) groups excluding carboxylic acids is 1. The van der Waals surface area contributed by atoms with E-state index in [1.54, 1.807) is 0 Å². The van der Waals surface area contributed by atoms with Crippen LogP contribution in [0.2, 0.25) is 0 Å². The van der Waals surface area contributed by atoms with Crippen molar-refractivity contribution in [2.75, 3.05) is 19.0 Å². The zero-order valence-electron chi connectivity index (χ0n) is 11.5. The molecule has 0 heterocycles. The normalized spacial score (nSPS) is 10.3. The maximum atomic E-state index is 11.6. The first kappa shape index (κ1) is 15.6. The molecule has 0 radical (unpaired) electrons. The Morgan fingerprint density at radius 2 is 2.15 bits per heavy atom. The molecule has 20 heavy (non-hydrogen) atoms. The largest absolute Gasteiger partial charge is 0.496 e. The number of rotatable bonds is 6. The number of nitrogens with one attached hydrogen (secondary N) is 2. The zero-order valence-corrected chi connectivity index (χ0v) is 11.5. The number of carbonyl (C=O) groups is 2. The molecular formula is C14H18N2O4. The lowest BCUT2D eigenvalue weighted by Crippen LogP contribution is -2.29. The molecule has 0 saturated carbocycles. The molecule has 0 aliphatic heterocycles. The first-order valence-electron chi connectivity index (χ1n) is 6.15. The van der Waals surface area contributed by atoms with E-state index in [2.05, 4.69) is 10.6 Å². The lowest BCUT2D eigenvalue weighted by molar-refractivity contribution is 0.0693. The second-order valence-electron chi connectivity index (χ2n) is 3.96. The van der Waals surface area contributed by atoms with E-state index in [1.807, 2.05) is 19.1 Å². The molecule has 0 atom stereocenters. The maximum Gasteiger partial charge on any atom is 0.339 e. The highest BCUT2D eigenvalue weighted by molar-refractivity contribution is 5.94. The Morgan fingerprint density at radius 1 is 1.40 bits per heavy atom. The molecule has 6 nitrogen and oxygen atoms in total. The van der Waals surface area contributed by atoms with E-state index in [-0.39, 0.29) is 17.3 Å². The van der Waals surface area contributed by atoms with Crippen LogP contribution in [0.25, 0.3) is 0 Å². The number of urea groups is 1. The third kappa shape index (κ3) is 4.64. The van der Waals surface area contributed by atoms with Gasteiger partial charge >= 0.3 is 12.0 Å². The summed E-state index contributed by atoms with van der Waals surface area (Å²) >= 11 is 0. The van der Waals surface area contributed by atoms with Gasteiger partial charge in [-0.2, -0.15) is 0 Å². The lowest BCUT2D eigenvalue weighted by Gasteiger charge is -2.10. The molecule has 0 spiro atoms. The van der Waals surface area contributed by atoms with Gasteiger partial charge in [0.1, 0.15) is 11.3 Å². The first-order chi connectivity index (χ1) is 9.58. The number of aromatic carboxylic acids is 1. The Bertz CT molecular complexity index is 512. The van der Waals surface area contributed by atoms with Crippen LogP contribution >= 0.6 is 0 Å². The van der Waals surface area contributed by atoms with Crippen LogP contribution in [0.15, 0.2) is 30.4 Å². The molecule has 0 aliphatic rings. The fraction of sp³-hybridized carbons (Fsp3) is 0.286. The number of carboxylic acids is 1. The van der Waals surface area contributed by atoms with Crippen LogP contribution < -0.4 is 15.4 Å². The fourth-order valence-electron chi connectivity index (χ4n) is 1.56. The zero-order chi connectivity index (χ0) is 15.0. The van der Waals surface area contributed by atoms with E-state index in [9.17, 15) is 9.59 Å². The van der Waals surface area contributed by atoms with Crippen molar-refractivity contribution in [3.63, 3.8) is 0 Å². The maximum absolute atomic E-state index is 11.6. The van der Waals surface area contributed by atoms with Crippen LogP contribution in [0.4, 0.5) is 10.5 Å². The van der Waals surface area contributed by atoms with Crippen molar-refractivity contribution in [1.29, 1.82) is 0 Å². The Balaban J connectivity index is 2.64. The number of hydrogen-bond acceptors (Lipinski definition) is 3. The van der Waals surface area contributed by atoms with E-state index in [0.717, 1.165) is 6.42 Å². The molecular weight excluding hydrogens is 260 g/mol. The smallest absolute Gasteiger partial charge is 0.339 e. The van der Waals surface area contributed by atoms with Crippen molar-refractivity contribution in [3.8, 4) is 5.75 Å². The summed E-state index contributed by atoms with van der Waals surface area (Å²) in [6.45, 7) is 2.44. The van der Waals surface area contributed by atoms with Crippen molar-refractivity contribution in [1.82, 2.24) is 5.32 Å². The van der Waals surface area contributed by atoms with Gasteiger partial charge in [0, 0.05) is 18.3 Å². The minimum Gasteiger partial charge on any atom is -0.496 e. The van der Waals surface area contributed by atoms with E-state index < -0.39 is 5.97 Å². The highest BCUT2D eigenvalue weighted by Crippen LogP contribution is 2.23. The SMILES string of the molecule is C/C=C/CCNC(=O)Nc1ccc(C(=O)O)c(OC)c1. The molecule has 0 aromatic heterocycles. The minimum absolute atomic E-state index is 0.0477. The molecule has 0 aliphatic carbocycles. The van der Waals surface area contributed by atoms with Gasteiger partial charge in [-0.25, -0.2) is 9.59 Å². The van der Waals surface area contributed by atoms with Crippen molar-refractivity contribution in [2.45, 2.75) is 13.3 Å². The molecule has 2 amide bonds. The van der Waals surface area contributed by atoms with E-state index in [0.29, 0.717) is 12.2 Å². The van der Waals surface area contributed by atoms with E-state index in [4.69, 9.17) is 9.84 Å². The highest BCUT2D eigenvalue weighted by atomic mass is 16.5. The molecule has 1 aromatic rings. The van der Waals surface area contributed by atoms with Crippen LogP contribution in [-0.4, -0.2) is 30.8 Å². The molecule has 0 unspecified atom stereocenters. The van der Waals surface area contributed by atoms with Gasteiger partial charge in [0.25, 0.3) is 0 Å². The highest BCUT2D eigenvalue weighted by Gasteiger charge is 2.12. The van der Waals surface area contributed by atoms with Crippen LogP contribution in [0, 0.1) is 0 Å². The molecule has 1 aromatic carbocycles. The lowest BCUT2D eigenvalue weighted by atomic mass is 10.2. The summed E-state index contributed by atoms with van der Waals surface area (Å²) in [5.74, 6) is -0.881.